The summed E-state index contributed by atoms with van der Waals surface area (Å²) < 4.78 is 7.43. The normalized spacial score (nSPS) is 10.6. The van der Waals surface area contributed by atoms with E-state index in [1.807, 2.05) is 55.6 Å². The van der Waals surface area contributed by atoms with E-state index in [1.165, 1.54) is 0 Å². The Hall–Kier alpha value is -3.08. The van der Waals surface area contributed by atoms with Crippen molar-refractivity contribution in [3.63, 3.8) is 0 Å². The predicted molar refractivity (Wildman–Crippen MR) is 106 cm³/mol. The van der Waals surface area contributed by atoms with E-state index < -0.39 is 0 Å². The molecular formula is C22H25N3O2. The number of nitrogens with zero attached hydrogens (tertiary/aromatic N) is 2. The zero-order valence-electron chi connectivity index (χ0n) is 15.8. The van der Waals surface area contributed by atoms with Gasteiger partial charge in [-0.1, -0.05) is 30.3 Å². The molecule has 0 radical (unpaired) electrons. The van der Waals surface area contributed by atoms with Crippen LogP contribution in [0.1, 0.15) is 33.7 Å². The molecule has 0 saturated heterocycles. The minimum atomic E-state index is -0.0413. The highest BCUT2D eigenvalue weighted by molar-refractivity contribution is 5.94. The number of hydrogen-bond donors (Lipinski definition) is 1. The first-order valence-corrected chi connectivity index (χ1v) is 9.14. The number of benzene rings is 2. The quantitative estimate of drug-likeness (QED) is 0.622. The Bertz CT molecular complexity index is 885. The summed E-state index contributed by atoms with van der Waals surface area (Å²) in [6.45, 7) is 3.37. The zero-order valence-corrected chi connectivity index (χ0v) is 15.8. The van der Waals surface area contributed by atoms with Crippen LogP contribution >= 0.6 is 0 Å². The summed E-state index contributed by atoms with van der Waals surface area (Å²) in [6, 6.07) is 15.7. The Morgan fingerprint density at radius 1 is 1.15 bits per heavy atom. The number of amides is 1. The standard InChI is InChI=1S/C22H25N3O2/c1-17-23-14-15-25(17)16-18-9-11-20(12-10-18)22(26)24-13-5-7-19-6-3-4-8-21(19)27-2/h3-4,6,8-12,14-15H,5,7,13,16H2,1-2H3,(H,24,26). The highest BCUT2D eigenvalue weighted by atomic mass is 16.5. The minimum Gasteiger partial charge on any atom is -0.496 e. The number of ether oxygens (including phenoxy) is 1. The first kappa shape index (κ1) is 18.7. The van der Waals surface area contributed by atoms with Crippen molar-refractivity contribution in [2.75, 3.05) is 13.7 Å². The van der Waals surface area contributed by atoms with Crippen molar-refractivity contribution in [1.82, 2.24) is 14.9 Å². The maximum absolute atomic E-state index is 12.3. The minimum absolute atomic E-state index is 0.0413. The monoisotopic (exact) mass is 363 g/mol. The Morgan fingerprint density at radius 3 is 2.63 bits per heavy atom. The SMILES string of the molecule is COc1ccccc1CCCNC(=O)c1ccc(Cn2ccnc2C)cc1. The van der Waals surface area contributed by atoms with Gasteiger partial charge in [0.1, 0.15) is 11.6 Å². The van der Waals surface area contributed by atoms with Crippen molar-refractivity contribution in [1.29, 1.82) is 0 Å². The van der Waals surface area contributed by atoms with Crippen molar-refractivity contribution < 1.29 is 9.53 Å². The topological polar surface area (TPSA) is 56.1 Å². The summed E-state index contributed by atoms with van der Waals surface area (Å²) in [4.78, 5) is 16.5. The number of rotatable bonds is 8. The van der Waals surface area contributed by atoms with Gasteiger partial charge in [-0.05, 0) is 49.1 Å². The second-order valence-corrected chi connectivity index (χ2v) is 6.47. The van der Waals surface area contributed by atoms with Crippen LogP contribution in [0.2, 0.25) is 0 Å². The number of carbonyl (C=O) groups is 1. The largest absolute Gasteiger partial charge is 0.496 e. The predicted octanol–water partition coefficient (Wildman–Crippen LogP) is 3.61. The lowest BCUT2D eigenvalue weighted by Crippen LogP contribution is -2.24. The number of imidazole rings is 1. The third-order valence-corrected chi connectivity index (χ3v) is 4.59. The van der Waals surface area contributed by atoms with E-state index in [-0.39, 0.29) is 5.91 Å². The van der Waals surface area contributed by atoms with Gasteiger partial charge in [-0.25, -0.2) is 4.98 Å². The Kier molecular flexibility index (Phi) is 6.26. The fraction of sp³-hybridized carbons (Fsp3) is 0.273. The molecule has 0 aliphatic rings. The molecule has 0 saturated carbocycles. The molecule has 1 amide bonds. The van der Waals surface area contributed by atoms with Crippen molar-refractivity contribution in [2.45, 2.75) is 26.3 Å². The summed E-state index contributed by atoms with van der Waals surface area (Å²) in [5.41, 5.74) is 2.98. The van der Waals surface area contributed by atoms with Crippen LogP contribution in [-0.2, 0) is 13.0 Å². The van der Waals surface area contributed by atoms with Gasteiger partial charge in [-0.3, -0.25) is 4.79 Å². The van der Waals surface area contributed by atoms with Crippen LogP contribution in [0.15, 0.2) is 60.9 Å². The molecule has 5 heteroatoms. The first-order chi connectivity index (χ1) is 13.2. The molecule has 0 fully saturated rings. The van der Waals surface area contributed by atoms with Crippen molar-refractivity contribution in [3.05, 3.63) is 83.4 Å². The van der Waals surface area contributed by atoms with Gasteiger partial charge in [-0.15, -0.1) is 0 Å². The highest BCUT2D eigenvalue weighted by Crippen LogP contribution is 2.18. The Labute approximate surface area is 160 Å². The molecule has 0 atom stereocenters. The summed E-state index contributed by atoms with van der Waals surface area (Å²) in [5, 5.41) is 2.99. The third-order valence-electron chi connectivity index (χ3n) is 4.59. The average Bonchev–Trinajstić information content (AvgIpc) is 3.10. The molecule has 0 aliphatic carbocycles. The summed E-state index contributed by atoms with van der Waals surface area (Å²) in [6.07, 6.45) is 5.48. The number of methoxy groups -OCH3 is 1. The van der Waals surface area contributed by atoms with E-state index in [1.54, 1.807) is 13.3 Å². The maximum atomic E-state index is 12.3. The molecule has 0 bridgehead atoms. The average molecular weight is 363 g/mol. The molecule has 2 aromatic carbocycles. The Balaban J connectivity index is 1.47. The van der Waals surface area contributed by atoms with Crippen molar-refractivity contribution >= 4 is 5.91 Å². The second-order valence-electron chi connectivity index (χ2n) is 6.47. The van der Waals surface area contributed by atoms with Gasteiger partial charge in [0, 0.05) is 31.0 Å². The van der Waals surface area contributed by atoms with Gasteiger partial charge in [-0.2, -0.15) is 0 Å². The number of para-hydroxylation sites is 1. The smallest absolute Gasteiger partial charge is 0.251 e. The molecule has 140 valence electrons. The molecular weight excluding hydrogens is 338 g/mol. The molecule has 3 aromatic rings. The van der Waals surface area contributed by atoms with Crippen LogP contribution in [-0.4, -0.2) is 29.1 Å². The van der Waals surface area contributed by atoms with E-state index in [2.05, 4.69) is 20.9 Å². The summed E-state index contributed by atoms with van der Waals surface area (Å²) in [7, 11) is 1.68. The van der Waals surface area contributed by atoms with Gasteiger partial charge >= 0.3 is 0 Å². The lowest BCUT2D eigenvalue weighted by atomic mass is 10.1. The molecule has 27 heavy (non-hydrogen) atoms. The lowest BCUT2D eigenvalue weighted by Gasteiger charge is -2.09. The summed E-state index contributed by atoms with van der Waals surface area (Å²) in [5.74, 6) is 1.83. The fourth-order valence-electron chi connectivity index (χ4n) is 3.02. The highest BCUT2D eigenvalue weighted by Gasteiger charge is 2.06. The maximum Gasteiger partial charge on any atom is 0.251 e. The van der Waals surface area contributed by atoms with Gasteiger partial charge in [0.05, 0.1) is 7.11 Å². The third kappa shape index (κ3) is 4.97. The molecule has 1 aromatic heterocycles. The second kappa shape index (κ2) is 9.03. The van der Waals surface area contributed by atoms with Crippen LogP contribution in [0.3, 0.4) is 0 Å². The molecule has 3 rings (SSSR count). The molecule has 0 spiro atoms. The van der Waals surface area contributed by atoms with Crippen LogP contribution in [0.5, 0.6) is 5.75 Å². The van der Waals surface area contributed by atoms with Crippen LogP contribution in [0.4, 0.5) is 0 Å². The number of hydrogen-bond acceptors (Lipinski definition) is 3. The molecule has 1 N–H and O–H groups in total. The molecule has 0 unspecified atom stereocenters. The first-order valence-electron chi connectivity index (χ1n) is 9.14. The number of nitrogens with one attached hydrogen (secondary N) is 1. The fourth-order valence-corrected chi connectivity index (χ4v) is 3.02. The zero-order chi connectivity index (χ0) is 19.1. The van der Waals surface area contributed by atoms with E-state index >= 15 is 0 Å². The number of carbonyl (C=O) groups excluding carboxylic acids is 1. The lowest BCUT2D eigenvalue weighted by molar-refractivity contribution is 0.0953. The van der Waals surface area contributed by atoms with Gasteiger partial charge in [0.25, 0.3) is 5.91 Å². The van der Waals surface area contributed by atoms with Gasteiger partial charge < -0.3 is 14.6 Å². The van der Waals surface area contributed by atoms with Crippen LogP contribution in [0.25, 0.3) is 0 Å². The van der Waals surface area contributed by atoms with Gasteiger partial charge in [0.2, 0.25) is 0 Å². The number of aromatic nitrogens is 2. The van der Waals surface area contributed by atoms with E-state index in [4.69, 9.17) is 4.74 Å². The van der Waals surface area contributed by atoms with Gasteiger partial charge in [0.15, 0.2) is 0 Å². The van der Waals surface area contributed by atoms with Crippen molar-refractivity contribution in [3.8, 4) is 5.75 Å². The van der Waals surface area contributed by atoms with E-state index in [0.29, 0.717) is 12.1 Å². The summed E-state index contributed by atoms with van der Waals surface area (Å²) >= 11 is 0. The number of aryl methyl sites for hydroxylation is 2. The Morgan fingerprint density at radius 2 is 1.93 bits per heavy atom. The van der Waals surface area contributed by atoms with E-state index in [9.17, 15) is 4.79 Å². The molecule has 0 aliphatic heterocycles. The molecule has 1 heterocycles. The van der Waals surface area contributed by atoms with E-state index in [0.717, 1.165) is 42.1 Å². The van der Waals surface area contributed by atoms with Crippen LogP contribution < -0.4 is 10.1 Å². The van der Waals surface area contributed by atoms with Crippen molar-refractivity contribution in [2.24, 2.45) is 0 Å². The van der Waals surface area contributed by atoms with Crippen LogP contribution in [0, 0.1) is 6.92 Å². The molecule has 5 nitrogen and oxygen atoms in total.